The van der Waals surface area contributed by atoms with Crippen molar-refractivity contribution in [2.75, 3.05) is 58.5 Å². The Hall–Kier alpha value is -2.90. The second-order valence-corrected chi connectivity index (χ2v) is 8.25. The normalized spacial score (nSPS) is 14.0. The number of anilines is 1. The van der Waals surface area contributed by atoms with Gasteiger partial charge in [-0.05, 0) is 25.0 Å². The third-order valence-electron chi connectivity index (χ3n) is 6.25. The lowest BCUT2D eigenvalue weighted by Gasteiger charge is -2.36. The monoisotopic (exact) mass is 487 g/mol. The number of methoxy groups -OCH3 is 2. The van der Waals surface area contributed by atoms with E-state index in [-0.39, 0.29) is 24.9 Å². The molecule has 7 nitrogen and oxygen atoms in total. The number of aromatic nitrogens is 1. The van der Waals surface area contributed by atoms with Crippen molar-refractivity contribution in [2.24, 2.45) is 0 Å². The van der Waals surface area contributed by atoms with Crippen LogP contribution in [0.25, 0.3) is 10.9 Å². The van der Waals surface area contributed by atoms with Crippen LogP contribution in [0.4, 0.5) is 5.69 Å². The number of ether oxygens (including phenoxy) is 3. The van der Waals surface area contributed by atoms with E-state index in [1.54, 1.807) is 14.2 Å². The van der Waals surface area contributed by atoms with Gasteiger partial charge in [0.1, 0.15) is 18.0 Å². The number of carbonyl (C=O) groups excluding carboxylic acids is 1. The molecule has 0 unspecified atom stereocenters. The predicted octanol–water partition coefficient (Wildman–Crippen LogP) is 4.01. The van der Waals surface area contributed by atoms with E-state index in [0.717, 1.165) is 61.8 Å². The second kappa shape index (κ2) is 12.0. The molecule has 1 fully saturated rings. The minimum absolute atomic E-state index is 0. The standard InChI is InChI=1S/C26H33N3O4.ClH/c1-4-33-26(30)19-29-18-20(24-7-5-6-8-25(24)29)9-10-27-11-13-28(14-12-27)21-15-22(31-2)17-23(16-21)32-3;/h5-8,15-18H,4,9-14,19H2,1-3H3;1H. The number of carbonyl (C=O) groups is 1. The molecule has 3 aromatic rings. The molecule has 1 aromatic heterocycles. The lowest BCUT2D eigenvalue weighted by Crippen LogP contribution is -2.47. The average Bonchev–Trinajstić information content (AvgIpc) is 3.20. The molecule has 0 bridgehead atoms. The molecule has 1 aliphatic heterocycles. The minimum atomic E-state index is -0.199. The van der Waals surface area contributed by atoms with Gasteiger partial charge in [0.2, 0.25) is 0 Å². The molecule has 0 spiro atoms. The van der Waals surface area contributed by atoms with Crippen molar-refractivity contribution in [2.45, 2.75) is 19.9 Å². The van der Waals surface area contributed by atoms with Gasteiger partial charge in [0.25, 0.3) is 0 Å². The summed E-state index contributed by atoms with van der Waals surface area (Å²) in [5.41, 5.74) is 3.49. The highest BCUT2D eigenvalue weighted by atomic mass is 35.5. The number of hydrogen-bond acceptors (Lipinski definition) is 6. The number of hydrogen-bond donors (Lipinski definition) is 0. The summed E-state index contributed by atoms with van der Waals surface area (Å²) in [6, 6.07) is 14.3. The number of piperazine rings is 1. The van der Waals surface area contributed by atoms with E-state index < -0.39 is 0 Å². The molecule has 2 heterocycles. The highest BCUT2D eigenvalue weighted by Crippen LogP contribution is 2.29. The van der Waals surface area contributed by atoms with E-state index in [2.05, 4.69) is 46.3 Å². The Bertz CT molecular complexity index is 1070. The number of rotatable bonds is 9. The van der Waals surface area contributed by atoms with Gasteiger partial charge in [-0.1, -0.05) is 18.2 Å². The fraction of sp³-hybridized carbons (Fsp3) is 0.423. The fourth-order valence-electron chi connectivity index (χ4n) is 4.48. The summed E-state index contributed by atoms with van der Waals surface area (Å²) in [6.45, 7) is 7.39. The number of esters is 1. The largest absolute Gasteiger partial charge is 0.497 e. The van der Waals surface area contributed by atoms with Gasteiger partial charge in [-0.2, -0.15) is 0 Å². The Morgan fingerprint density at radius 3 is 2.29 bits per heavy atom. The number of halogens is 1. The first-order valence-corrected chi connectivity index (χ1v) is 11.5. The Labute approximate surface area is 207 Å². The van der Waals surface area contributed by atoms with Crippen LogP contribution in [-0.4, -0.2) is 69.0 Å². The van der Waals surface area contributed by atoms with E-state index in [1.165, 1.54) is 10.9 Å². The molecule has 1 saturated heterocycles. The third kappa shape index (κ3) is 5.96. The highest BCUT2D eigenvalue weighted by Gasteiger charge is 2.19. The molecule has 0 atom stereocenters. The average molecular weight is 488 g/mol. The Balaban J connectivity index is 0.00000324. The molecule has 184 valence electrons. The lowest BCUT2D eigenvalue weighted by atomic mass is 10.1. The lowest BCUT2D eigenvalue weighted by molar-refractivity contribution is -0.143. The van der Waals surface area contributed by atoms with E-state index >= 15 is 0 Å². The van der Waals surface area contributed by atoms with Gasteiger partial charge in [0, 0.05) is 73.7 Å². The highest BCUT2D eigenvalue weighted by molar-refractivity contribution is 5.86. The van der Waals surface area contributed by atoms with E-state index in [9.17, 15) is 4.79 Å². The zero-order valence-electron chi connectivity index (χ0n) is 20.2. The molecule has 0 radical (unpaired) electrons. The van der Waals surface area contributed by atoms with Crippen molar-refractivity contribution in [3.8, 4) is 11.5 Å². The maximum atomic E-state index is 12.0. The Kier molecular flexibility index (Phi) is 9.07. The first-order chi connectivity index (χ1) is 16.1. The van der Waals surface area contributed by atoms with Gasteiger partial charge < -0.3 is 23.7 Å². The number of benzene rings is 2. The van der Waals surface area contributed by atoms with Crippen LogP contribution in [0.3, 0.4) is 0 Å². The maximum Gasteiger partial charge on any atom is 0.325 e. The van der Waals surface area contributed by atoms with Crippen molar-refractivity contribution >= 4 is 35.0 Å². The van der Waals surface area contributed by atoms with Crippen molar-refractivity contribution in [3.05, 3.63) is 54.2 Å². The number of nitrogens with zero attached hydrogens (tertiary/aromatic N) is 3. The third-order valence-corrected chi connectivity index (χ3v) is 6.25. The van der Waals surface area contributed by atoms with Crippen molar-refractivity contribution in [1.29, 1.82) is 0 Å². The van der Waals surface area contributed by atoms with Gasteiger partial charge in [-0.15, -0.1) is 12.4 Å². The van der Waals surface area contributed by atoms with Gasteiger partial charge in [-0.3, -0.25) is 9.69 Å². The maximum absolute atomic E-state index is 12.0. The van der Waals surface area contributed by atoms with Crippen LogP contribution in [-0.2, 0) is 22.5 Å². The molecular weight excluding hydrogens is 454 g/mol. The first kappa shape index (κ1) is 25.7. The molecule has 8 heteroatoms. The molecule has 0 N–H and O–H groups in total. The van der Waals surface area contributed by atoms with Crippen molar-refractivity contribution in [1.82, 2.24) is 9.47 Å². The molecular formula is C26H34ClN3O4. The molecule has 2 aromatic carbocycles. The zero-order valence-corrected chi connectivity index (χ0v) is 21.0. The van der Waals surface area contributed by atoms with Crippen LogP contribution in [0.1, 0.15) is 12.5 Å². The molecule has 34 heavy (non-hydrogen) atoms. The van der Waals surface area contributed by atoms with Crippen molar-refractivity contribution < 1.29 is 19.0 Å². The summed E-state index contributed by atoms with van der Waals surface area (Å²) in [5.74, 6) is 1.42. The number of fused-ring (bicyclic) bond motifs is 1. The van der Waals surface area contributed by atoms with Crippen LogP contribution in [0.15, 0.2) is 48.7 Å². The van der Waals surface area contributed by atoms with Crippen LogP contribution >= 0.6 is 12.4 Å². The van der Waals surface area contributed by atoms with Crippen molar-refractivity contribution in [3.63, 3.8) is 0 Å². The quantitative estimate of drug-likeness (QED) is 0.425. The number of para-hydroxylation sites is 1. The molecule has 4 rings (SSSR count). The fourth-order valence-corrected chi connectivity index (χ4v) is 4.48. The molecule has 0 amide bonds. The summed E-state index contributed by atoms with van der Waals surface area (Å²) >= 11 is 0. The van der Waals surface area contributed by atoms with Crippen LogP contribution in [0.2, 0.25) is 0 Å². The molecule has 1 aliphatic rings. The second-order valence-electron chi connectivity index (χ2n) is 8.25. The van der Waals surface area contributed by atoms with Gasteiger partial charge >= 0.3 is 5.97 Å². The summed E-state index contributed by atoms with van der Waals surface area (Å²) < 4.78 is 18.0. The van der Waals surface area contributed by atoms with Gasteiger partial charge in [-0.25, -0.2) is 0 Å². The zero-order chi connectivity index (χ0) is 23.2. The first-order valence-electron chi connectivity index (χ1n) is 11.5. The Morgan fingerprint density at radius 1 is 0.971 bits per heavy atom. The minimum Gasteiger partial charge on any atom is -0.497 e. The van der Waals surface area contributed by atoms with Gasteiger partial charge in [0.15, 0.2) is 0 Å². The van der Waals surface area contributed by atoms with E-state index in [0.29, 0.717) is 6.61 Å². The summed E-state index contributed by atoms with van der Waals surface area (Å²) in [5, 5.41) is 1.21. The summed E-state index contributed by atoms with van der Waals surface area (Å²) in [6.07, 6.45) is 3.06. The van der Waals surface area contributed by atoms with Crippen LogP contribution in [0, 0.1) is 0 Å². The van der Waals surface area contributed by atoms with Crippen LogP contribution < -0.4 is 14.4 Å². The van der Waals surface area contributed by atoms with Gasteiger partial charge in [0.05, 0.1) is 20.8 Å². The topological polar surface area (TPSA) is 56.2 Å². The predicted molar refractivity (Wildman–Crippen MR) is 138 cm³/mol. The summed E-state index contributed by atoms with van der Waals surface area (Å²) in [4.78, 5) is 16.9. The summed E-state index contributed by atoms with van der Waals surface area (Å²) in [7, 11) is 3.36. The van der Waals surface area contributed by atoms with Crippen LogP contribution in [0.5, 0.6) is 11.5 Å². The Morgan fingerprint density at radius 2 is 1.65 bits per heavy atom. The van der Waals surface area contributed by atoms with E-state index in [1.807, 2.05) is 23.6 Å². The smallest absolute Gasteiger partial charge is 0.325 e. The SMILES string of the molecule is CCOC(=O)Cn1cc(CCN2CCN(c3cc(OC)cc(OC)c3)CC2)c2ccccc21.Cl. The van der Waals surface area contributed by atoms with E-state index in [4.69, 9.17) is 14.2 Å². The molecule has 0 aliphatic carbocycles. The molecule has 0 saturated carbocycles.